The minimum atomic E-state index is 0.0329. The van der Waals surface area contributed by atoms with Crippen molar-refractivity contribution in [2.45, 2.75) is 44.7 Å². The van der Waals surface area contributed by atoms with Crippen molar-refractivity contribution in [1.29, 1.82) is 0 Å². The molecule has 0 bridgehead atoms. The summed E-state index contributed by atoms with van der Waals surface area (Å²) in [5.74, 6) is 0.997. The molecule has 24 heavy (non-hydrogen) atoms. The lowest BCUT2D eigenvalue weighted by Gasteiger charge is -2.23. The van der Waals surface area contributed by atoms with Crippen molar-refractivity contribution in [2.24, 2.45) is 5.92 Å². The van der Waals surface area contributed by atoms with Gasteiger partial charge in [-0.3, -0.25) is 9.69 Å². The van der Waals surface area contributed by atoms with Gasteiger partial charge < -0.3 is 5.32 Å². The summed E-state index contributed by atoms with van der Waals surface area (Å²) in [5, 5.41) is 5.67. The molecule has 4 rings (SSSR count). The van der Waals surface area contributed by atoms with E-state index in [4.69, 9.17) is 0 Å². The number of carbonyl (C=O) groups is 1. The number of amides is 1. The Labute approximate surface area is 144 Å². The lowest BCUT2D eigenvalue weighted by molar-refractivity contribution is -0.123. The molecule has 0 spiro atoms. The Bertz CT molecular complexity index is 728. The highest BCUT2D eigenvalue weighted by Crippen LogP contribution is 2.34. The van der Waals surface area contributed by atoms with Gasteiger partial charge >= 0.3 is 0 Å². The molecule has 2 aliphatic carbocycles. The van der Waals surface area contributed by atoms with Crippen molar-refractivity contribution < 1.29 is 4.79 Å². The summed E-state index contributed by atoms with van der Waals surface area (Å²) in [5.41, 5.74) is 1.20. The molecule has 0 aromatic heterocycles. The fourth-order valence-corrected chi connectivity index (χ4v) is 3.59. The van der Waals surface area contributed by atoms with Crippen molar-refractivity contribution in [3.8, 4) is 0 Å². The van der Waals surface area contributed by atoms with E-state index in [1.54, 1.807) is 0 Å². The number of nitrogens with one attached hydrogen (secondary N) is 1. The molecule has 1 amide bonds. The SMILES string of the molecule is CC(NC(=O)CN(CC1CC1)C1CC1)c1cccc2ccccc12. The third kappa shape index (κ3) is 3.62. The first-order chi connectivity index (χ1) is 11.7. The zero-order chi connectivity index (χ0) is 16.5. The van der Waals surface area contributed by atoms with Crippen LogP contribution in [0.25, 0.3) is 10.8 Å². The third-order valence-corrected chi connectivity index (χ3v) is 5.27. The smallest absolute Gasteiger partial charge is 0.234 e. The molecule has 0 aliphatic heterocycles. The molecule has 0 heterocycles. The standard InChI is InChI=1S/C21H26N2O/c1-15(19-8-4-6-17-5-2-3-7-20(17)19)22-21(24)14-23(18-11-12-18)13-16-9-10-16/h2-8,15-16,18H,9-14H2,1H3,(H,22,24). The van der Waals surface area contributed by atoms with Crippen LogP contribution in [0.5, 0.6) is 0 Å². The molecule has 1 atom stereocenters. The number of hydrogen-bond acceptors (Lipinski definition) is 2. The van der Waals surface area contributed by atoms with Gasteiger partial charge in [0.05, 0.1) is 12.6 Å². The predicted octanol–water partition coefficient (Wildman–Crippen LogP) is 3.89. The molecule has 126 valence electrons. The van der Waals surface area contributed by atoms with Gasteiger partial charge in [0.1, 0.15) is 0 Å². The normalized spacial score (nSPS) is 18.8. The van der Waals surface area contributed by atoms with Crippen LogP contribution in [0.1, 0.15) is 44.2 Å². The van der Waals surface area contributed by atoms with E-state index in [-0.39, 0.29) is 11.9 Å². The minimum absolute atomic E-state index is 0.0329. The second-order valence-corrected chi connectivity index (χ2v) is 7.46. The predicted molar refractivity (Wildman–Crippen MR) is 97.8 cm³/mol. The van der Waals surface area contributed by atoms with Crippen LogP contribution in [0.15, 0.2) is 42.5 Å². The molecule has 2 fully saturated rings. The van der Waals surface area contributed by atoms with E-state index in [0.717, 1.165) is 12.5 Å². The van der Waals surface area contributed by atoms with Crippen LogP contribution in [0, 0.1) is 5.92 Å². The van der Waals surface area contributed by atoms with E-state index in [9.17, 15) is 4.79 Å². The van der Waals surface area contributed by atoms with Gasteiger partial charge in [0.15, 0.2) is 0 Å². The summed E-state index contributed by atoms with van der Waals surface area (Å²) in [7, 11) is 0. The van der Waals surface area contributed by atoms with Crippen molar-refractivity contribution in [2.75, 3.05) is 13.1 Å². The Balaban J connectivity index is 1.42. The Morgan fingerprint density at radius 3 is 2.62 bits per heavy atom. The molecular weight excluding hydrogens is 296 g/mol. The first kappa shape index (κ1) is 15.6. The number of carbonyl (C=O) groups excluding carboxylic acids is 1. The molecule has 2 aromatic carbocycles. The van der Waals surface area contributed by atoms with Gasteiger partial charge in [-0.1, -0.05) is 42.5 Å². The maximum absolute atomic E-state index is 12.6. The zero-order valence-corrected chi connectivity index (χ0v) is 14.4. The van der Waals surface area contributed by atoms with Crippen molar-refractivity contribution in [3.63, 3.8) is 0 Å². The van der Waals surface area contributed by atoms with Gasteiger partial charge in [0, 0.05) is 12.6 Å². The minimum Gasteiger partial charge on any atom is -0.348 e. The van der Waals surface area contributed by atoms with Crippen molar-refractivity contribution in [3.05, 3.63) is 48.0 Å². The molecule has 1 unspecified atom stereocenters. The second kappa shape index (κ2) is 6.56. The number of fused-ring (bicyclic) bond motifs is 1. The van der Waals surface area contributed by atoms with Gasteiger partial charge in [0.25, 0.3) is 0 Å². The Morgan fingerprint density at radius 1 is 1.12 bits per heavy atom. The summed E-state index contributed by atoms with van der Waals surface area (Å²) in [6.45, 7) is 3.75. The molecule has 3 nitrogen and oxygen atoms in total. The average molecular weight is 322 g/mol. The first-order valence-electron chi connectivity index (χ1n) is 9.22. The van der Waals surface area contributed by atoms with Gasteiger partial charge in [0.2, 0.25) is 5.91 Å². The third-order valence-electron chi connectivity index (χ3n) is 5.27. The highest BCUT2D eigenvalue weighted by atomic mass is 16.2. The van der Waals surface area contributed by atoms with E-state index in [1.165, 1.54) is 42.0 Å². The quantitative estimate of drug-likeness (QED) is 0.839. The van der Waals surface area contributed by atoms with Crippen LogP contribution >= 0.6 is 0 Å². The van der Waals surface area contributed by atoms with Gasteiger partial charge in [-0.05, 0) is 54.9 Å². The van der Waals surface area contributed by atoms with Crippen molar-refractivity contribution in [1.82, 2.24) is 10.2 Å². The summed E-state index contributed by atoms with van der Waals surface area (Å²) in [6.07, 6.45) is 5.21. The summed E-state index contributed by atoms with van der Waals surface area (Å²) >= 11 is 0. The fourth-order valence-electron chi connectivity index (χ4n) is 3.59. The van der Waals surface area contributed by atoms with Crippen LogP contribution in [-0.4, -0.2) is 29.9 Å². The largest absolute Gasteiger partial charge is 0.348 e. The van der Waals surface area contributed by atoms with Gasteiger partial charge in [-0.2, -0.15) is 0 Å². The molecule has 2 saturated carbocycles. The molecule has 2 aromatic rings. The Kier molecular flexibility index (Phi) is 4.28. The number of benzene rings is 2. The zero-order valence-electron chi connectivity index (χ0n) is 14.4. The Hall–Kier alpha value is -1.87. The van der Waals surface area contributed by atoms with Gasteiger partial charge in [-0.25, -0.2) is 0 Å². The van der Waals surface area contributed by atoms with E-state index in [2.05, 4.69) is 59.6 Å². The number of rotatable bonds is 7. The molecule has 0 saturated heterocycles. The monoisotopic (exact) mass is 322 g/mol. The lowest BCUT2D eigenvalue weighted by Crippen LogP contribution is -2.40. The molecule has 0 radical (unpaired) electrons. The molecular formula is C21H26N2O. The summed E-state index contributed by atoms with van der Waals surface area (Å²) < 4.78 is 0. The highest BCUT2D eigenvalue weighted by molar-refractivity contribution is 5.87. The maximum atomic E-state index is 12.6. The number of nitrogens with zero attached hydrogens (tertiary/aromatic N) is 1. The fraction of sp³-hybridized carbons (Fsp3) is 0.476. The van der Waals surface area contributed by atoms with E-state index in [0.29, 0.717) is 12.6 Å². The molecule has 3 heteroatoms. The molecule has 2 aliphatic rings. The van der Waals surface area contributed by atoms with E-state index in [1.807, 2.05) is 0 Å². The van der Waals surface area contributed by atoms with E-state index < -0.39 is 0 Å². The summed E-state index contributed by atoms with van der Waals surface area (Å²) in [6, 6.07) is 15.4. The van der Waals surface area contributed by atoms with Crippen LogP contribution in [-0.2, 0) is 4.79 Å². The Morgan fingerprint density at radius 2 is 1.88 bits per heavy atom. The second-order valence-electron chi connectivity index (χ2n) is 7.46. The number of hydrogen-bond donors (Lipinski definition) is 1. The average Bonchev–Trinajstić information content (AvgIpc) is 3.46. The maximum Gasteiger partial charge on any atom is 0.234 e. The van der Waals surface area contributed by atoms with Crippen LogP contribution in [0.3, 0.4) is 0 Å². The van der Waals surface area contributed by atoms with E-state index >= 15 is 0 Å². The first-order valence-corrected chi connectivity index (χ1v) is 9.22. The summed E-state index contributed by atoms with van der Waals surface area (Å²) in [4.78, 5) is 15.0. The van der Waals surface area contributed by atoms with Crippen LogP contribution in [0.2, 0.25) is 0 Å². The topological polar surface area (TPSA) is 32.3 Å². The van der Waals surface area contributed by atoms with Crippen molar-refractivity contribution >= 4 is 16.7 Å². The van der Waals surface area contributed by atoms with Crippen LogP contribution in [0.4, 0.5) is 0 Å². The van der Waals surface area contributed by atoms with Gasteiger partial charge in [-0.15, -0.1) is 0 Å². The van der Waals surface area contributed by atoms with Crippen LogP contribution < -0.4 is 5.32 Å². The lowest BCUT2D eigenvalue weighted by atomic mass is 10.00. The highest BCUT2D eigenvalue weighted by Gasteiger charge is 2.34. The molecule has 1 N–H and O–H groups in total.